The average Bonchev–Trinajstić information content (AvgIpc) is 3.08. The number of thiophene rings is 1. The smallest absolute Gasteiger partial charge is 0.256 e. The van der Waals surface area contributed by atoms with Gasteiger partial charge in [0.1, 0.15) is 17.4 Å². The van der Waals surface area contributed by atoms with Gasteiger partial charge in [-0.25, -0.2) is 0 Å². The van der Waals surface area contributed by atoms with Crippen LogP contribution in [-0.2, 0) is 0 Å². The quantitative estimate of drug-likeness (QED) is 0.721. The molecule has 0 saturated carbocycles. The Kier molecular flexibility index (Phi) is 2.96. The van der Waals surface area contributed by atoms with Gasteiger partial charge in [0.15, 0.2) is 0 Å². The summed E-state index contributed by atoms with van der Waals surface area (Å²) in [7, 11) is 0. The molecular weight excluding hydrogens is 310 g/mol. The molecule has 1 aromatic carbocycles. The lowest BCUT2D eigenvalue weighted by Crippen LogP contribution is -2.27. The van der Waals surface area contributed by atoms with E-state index in [0.29, 0.717) is 16.8 Å². The summed E-state index contributed by atoms with van der Waals surface area (Å²) in [6, 6.07) is 11.3. The third-order valence-corrected chi connectivity index (χ3v) is 4.66. The Morgan fingerprint density at radius 2 is 2.13 bits per heavy atom. The van der Waals surface area contributed by atoms with Gasteiger partial charge in [-0.05, 0) is 34.5 Å². The number of ether oxygens (including phenoxy) is 1. The lowest BCUT2D eigenvalue weighted by atomic mass is 9.85. The number of hydrogen-bond acceptors (Lipinski definition) is 5. The first-order valence-corrected chi connectivity index (χ1v) is 7.89. The molecule has 1 aliphatic heterocycles. The Labute approximate surface area is 135 Å². The minimum atomic E-state index is -0.511. The summed E-state index contributed by atoms with van der Waals surface area (Å²) < 4.78 is 5.68. The Balaban J connectivity index is 2.11. The standard InChI is InChI=1S/C17H11N3O2S/c18-7-11-13(9-5-6-23-8-9)14-15(22-16(11)19)10-3-1-2-4-12(10)20-17(14)21/h1-6,8,13H,19H2,(H,20,21)/t13-/m0/s1. The summed E-state index contributed by atoms with van der Waals surface area (Å²) in [6.45, 7) is 0. The number of pyridine rings is 1. The van der Waals surface area contributed by atoms with Crippen LogP contribution in [0.25, 0.3) is 10.9 Å². The Morgan fingerprint density at radius 3 is 2.87 bits per heavy atom. The van der Waals surface area contributed by atoms with E-state index in [1.54, 1.807) is 6.07 Å². The van der Waals surface area contributed by atoms with Gasteiger partial charge < -0.3 is 15.5 Å². The highest BCUT2D eigenvalue weighted by Gasteiger charge is 2.34. The fourth-order valence-electron chi connectivity index (χ4n) is 2.94. The van der Waals surface area contributed by atoms with Crippen LogP contribution in [-0.4, -0.2) is 4.98 Å². The number of nitrogens with one attached hydrogen (secondary N) is 1. The molecule has 0 radical (unpaired) electrons. The molecule has 0 spiro atoms. The molecule has 0 fully saturated rings. The number of benzene rings is 1. The number of H-pyrrole nitrogens is 1. The van der Waals surface area contributed by atoms with E-state index < -0.39 is 5.92 Å². The largest absolute Gasteiger partial charge is 0.439 e. The maximum Gasteiger partial charge on any atom is 0.256 e. The minimum Gasteiger partial charge on any atom is -0.439 e. The van der Waals surface area contributed by atoms with E-state index in [1.807, 2.05) is 35.0 Å². The average molecular weight is 321 g/mol. The molecule has 0 unspecified atom stereocenters. The first-order chi connectivity index (χ1) is 11.2. The van der Waals surface area contributed by atoms with Crippen LogP contribution in [0.4, 0.5) is 0 Å². The van der Waals surface area contributed by atoms with Crippen molar-refractivity contribution in [2.24, 2.45) is 5.73 Å². The molecule has 4 rings (SSSR count). The van der Waals surface area contributed by atoms with Gasteiger partial charge in [-0.15, -0.1) is 0 Å². The highest BCUT2D eigenvalue weighted by molar-refractivity contribution is 7.08. The number of hydrogen-bond donors (Lipinski definition) is 2. The maximum atomic E-state index is 12.6. The fourth-order valence-corrected chi connectivity index (χ4v) is 3.63. The third-order valence-electron chi connectivity index (χ3n) is 3.96. The summed E-state index contributed by atoms with van der Waals surface area (Å²) >= 11 is 1.51. The number of para-hydroxylation sites is 1. The molecule has 23 heavy (non-hydrogen) atoms. The third kappa shape index (κ3) is 1.94. The van der Waals surface area contributed by atoms with E-state index in [0.717, 1.165) is 10.9 Å². The van der Waals surface area contributed by atoms with Crippen LogP contribution in [0.5, 0.6) is 5.75 Å². The summed E-state index contributed by atoms with van der Waals surface area (Å²) in [5.41, 5.74) is 7.92. The molecule has 6 heteroatoms. The highest BCUT2D eigenvalue weighted by atomic mass is 32.1. The Bertz CT molecular complexity index is 1040. The summed E-state index contributed by atoms with van der Waals surface area (Å²) in [4.78, 5) is 15.5. The number of nitrogens with two attached hydrogens (primary N) is 1. The molecule has 0 aliphatic carbocycles. The lowest BCUT2D eigenvalue weighted by Gasteiger charge is -2.25. The zero-order valence-corrected chi connectivity index (χ0v) is 12.7. The predicted octanol–water partition coefficient (Wildman–Crippen LogP) is 2.81. The molecule has 112 valence electrons. The molecule has 3 aromatic rings. The SMILES string of the molecule is N#CC1=C(N)Oc2c(c(=O)[nH]c3ccccc23)[C@H]1c1ccsc1. The van der Waals surface area contributed by atoms with Crippen molar-refractivity contribution in [1.82, 2.24) is 4.98 Å². The molecule has 1 aliphatic rings. The fraction of sp³-hybridized carbons (Fsp3) is 0.0588. The second kappa shape index (κ2) is 5.00. The predicted molar refractivity (Wildman–Crippen MR) is 88.2 cm³/mol. The van der Waals surface area contributed by atoms with Crippen LogP contribution in [0.1, 0.15) is 17.0 Å². The van der Waals surface area contributed by atoms with E-state index in [4.69, 9.17) is 10.5 Å². The van der Waals surface area contributed by atoms with Gasteiger partial charge >= 0.3 is 0 Å². The molecule has 5 nitrogen and oxygen atoms in total. The van der Waals surface area contributed by atoms with Gasteiger partial charge in [0.05, 0.1) is 17.0 Å². The first-order valence-electron chi connectivity index (χ1n) is 6.95. The number of nitrogens with zero attached hydrogens (tertiary/aromatic N) is 1. The number of fused-ring (bicyclic) bond motifs is 3. The van der Waals surface area contributed by atoms with Crippen molar-refractivity contribution in [3.63, 3.8) is 0 Å². The Morgan fingerprint density at radius 1 is 1.30 bits per heavy atom. The van der Waals surface area contributed by atoms with E-state index in [9.17, 15) is 10.1 Å². The highest BCUT2D eigenvalue weighted by Crippen LogP contribution is 2.43. The summed E-state index contributed by atoms with van der Waals surface area (Å²) in [5, 5.41) is 14.1. The summed E-state index contributed by atoms with van der Waals surface area (Å²) in [5.74, 6) is -0.0349. The van der Waals surface area contributed by atoms with Crippen LogP contribution < -0.4 is 16.0 Å². The second-order valence-electron chi connectivity index (χ2n) is 5.22. The van der Waals surface area contributed by atoms with Crippen molar-refractivity contribution >= 4 is 22.2 Å². The maximum absolute atomic E-state index is 12.6. The molecule has 1 atom stereocenters. The van der Waals surface area contributed by atoms with E-state index in [1.165, 1.54) is 11.3 Å². The Hall–Kier alpha value is -3.04. The van der Waals surface area contributed by atoms with Crippen molar-refractivity contribution in [3.05, 3.63) is 74.0 Å². The van der Waals surface area contributed by atoms with Gasteiger partial charge in [0.25, 0.3) is 5.56 Å². The molecule has 3 heterocycles. The van der Waals surface area contributed by atoms with Crippen molar-refractivity contribution in [2.75, 3.05) is 0 Å². The lowest BCUT2D eigenvalue weighted by molar-refractivity contribution is 0.397. The van der Waals surface area contributed by atoms with E-state index in [2.05, 4.69) is 11.1 Å². The first kappa shape index (κ1) is 13.6. The van der Waals surface area contributed by atoms with Crippen molar-refractivity contribution in [3.8, 4) is 11.8 Å². The molecule has 0 saturated heterocycles. The topological polar surface area (TPSA) is 91.9 Å². The van der Waals surface area contributed by atoms with Crippen molar-refractivity contribution < 1.29 is 4.74 Å². The number of aromatic amines is 1. The van der Waals surface area contributed by atoms with Crippen LogP contribution in [0.2, 0.25) is 0 Å². The number of allylic oxidation sites excluding steroid dienone is 1. The van der Waals surface area contributed by atoms with Crippen LogP contribution in [0.15, 0.2) is 57.3 Å². The molecule has 0 amide bonds. The van der Waals surface area contributed by atoms with Crippen LogP contribution in [0.3, 0.4) is 0 Å². The minimum absolute atomic E-state index is 0.0481. The molecule has 0 bridgehead atoms. The number of nitriles is 1. The van der Waals surface area contributed by atoms with Gasteiger partial charge in [0, 0.05) is 5.39 Å². The molecule has 2 aromatic heterocycles. The zero-order valence-electron chi connectivity index (χ0n) is 11.9. The number of rotatable bonds is 1. The second-order valence-corrected chi connectivity index (χ2v) is 6.00. The van der Waals surface area contributed by atoms with Gasteiger partial charge in [-0.3, -0.25) is 4.79 Å². The van der Waals surface area contributed by atoms with Crippen LogP contribution in [0, 0.1) is 11.3 Å². The van der Waals surface area contributed by atoms with Crippen molar-refractivity contribution in [1.29, 1.82) is 5.26 Å². The van der Waals surface area contributed by atoms with Gasteiger partial charge in [-0.1, -0.05) is 12.1 Å². The van der Waals surface area contributed by atoms with Gasteiger partial charge in [0.2, 0.25) is 5.88 Å². The summed E-state index contributed by atoms with van der Waals surface area (Å²) in [6.07, 6.45) is 0. The van der Waals surface area contributed by atoms with E-state index in [-0.39, 0.29) is 17.0 Å². The molecular formula is C17H11N3O2S. The van der Waals surface area contributed by atoms with E-state index >= 15 is 0 Å². The normalized spacial score (nSPS) is 16.7. The van der Waals surface area contributed by atoms with Crippen LogP contribution >= 0.6 is 11.3 Å². The zero-order chi connectivity index (χ0) is 16.0. The monoisotopic (exact) mass is 321 g/mol. The van der Waals surface area contributed by atoms with Crippen molar-refractivity contribution in [2.45, 2.75) is 5.92 Å². The van der Waals surface area contributed by atoms with Gasteiger partial charge in [-0.2, -0.15) is 16.6 Å². The molecule has 3 N–H and O–H groups in total. The number of aromatic nitrogens is 1.